The van der Waals surface area contributed by atoms with Gasteiger partial charge in [0.2, 0.25) is 0 Å². The summed E-state index contributed by atoms with van der Waals surface area (Å²) in [6, 6.07) is 5.77. The van der Waals surface area contributed by atoms with Crippen LogP contribution < -0.4 is 10.2 Å². The van der Waals surface area contributed by atoms with Gasteiger partial charge in [0.15, 0.2) is 0 Å². The van der Waals surface area contributed by atoms with Crippen molar-refractivity contribution >= 4 is 27.7 Å². The molecule has 0 bridgehead atoms. The number of carbonyl (C=O) groups is 1. The minimum atomic E-state index is -0.145. The van der Waals surface area contributed by atoms with Gasteiger partial charge >= 0.3 is 0 Å². The third kappa shape index (κ3) is 3.57. The lowest BCUT2D eigenvalue weighted by atomic mass is 10.0. The van der Waals surface area contributed by atoms with Gasteiger partial charge in [-0.25, -0.2) is 4.98 Å². The summed E-state index contributed by atoms with van der Waals surface area (Å²) < 4.78 is 2.40. The van der Waals surface area contributed by atoms with Gasteiger partial charge in [0.05, 0.1) is 5.56 Å². The Labute approximate surface area is 148 Å². The van der Waals surface area contributed by atoms with Crippen LogP contribution in [-0.2, 0) is 7.05 Å². The molecule has 3 heterocycles. The summed E-state index contributed by atoms with van der Waals surface area (Å²) in [5.74, 6) is 0.559. The highest BCUT2D eigenvalue weighted by Crippen LogP contribution is 2.24. The number of hydrogen-bond donors (Lipinski definition) is 1. The zero-order valence-corrected chi connectivity index (χ0v) is 14.8. The third-order valence-electron chi connectivity index (χ3n) is 4.03. The zero-order chi connectivity index (χ0) is 17.1. The molecule has 2 aromatic rings. The first-order valence-electron chi connectivity index (χ1n) is 7.68. The van der Waals surface area contributed by atoms with E-state index in [1.807, 2.05) is 0 Å². The van der Waals surface area contributed by atoms with Gasteiger partial charge in [-0.05, 0) is 40.9 Å². The molecule has 3 rings (SSSR count). The molecule has 2 aromatic heterocycles. The summed E-state index contributed by atoms with van der Waals surface area (Å²) in [6.45, 7) is 1.49. The summed E-state index contributed by atoms with van der Waals surface area (Å²) in [5, 5.41) is 16.4. The van der Waals surface area contributed by atoms with Crippen molar-refractivity contribution in [2.24, 2.45) is 7.05 Å². The van der Waals surface area contributed by atoms with Gasteiger partial charge in [0.1, 0.15) is 17.6 Å². The number of anilines is 1. The number of hydrogen-bond acceptors (Lipinski definition) is 5. The summed E-state index contributed by atoms with van der Waals surface area (Å²) >= 11 is 3.33. The Morgan fingerprint density at radius 2 is 2.21 bits per heavy atom. The van der Waals surface area contributed by atoms with E-state index >= 15 is 0 Å². The Hall–Kier alpha value is -2.40. The molecule has 24 heavy (non-hydrogen) atoms. The SMILES string of the molecule is Cn1ccc(C(=O)NC2CCN(c3ncc(Br)cc3C#N)CC2)n1. The van der Waals surface area contributed by atoms with Crippen molar-refractivity contribution in [2.45, 2.75) is 18.9 Å². The molecular weight excluding hydrogens is 372 g/mol. The van der Waals surface area contributed by atoms with Crippen molar-refractivity contribution in [3.05, 3.63) is 40.3 Å². The van der Waals surface area contributed by atoms with Crippen LogP contribution in [0.3, 0.4) is 0 Å². The molecule has 1 aliphatic rings. The van der Waals surface area contributed by atoms with Crippen LogP contribution in [0.4, 0.5) is 5.82 Å². The van der Waals surface area contributed by atoms with Crippen molar-refractivity contribution < 1.29 is 4.79 Å². The van der Waals surface area contributed by atoms with E-state index in [-0.39, 0.29) is 11.9 Å². The lowest BCUT2D eigenvalue weighted by Gasteiger charge is -2.33. The molecule has 8 heteroatoms. The molecule has 1 N–H and O–H groups in total. The van der Waals surface area contributed by atoms with Crippen molar-refractivity contribution in [3.8, 4) is 6.07 Å². The lowest BCUT2D eigenvalue weighted by Crippen LogP contribution is -2.45. The second-order valence-corrected chi connectivity index (χ2v) is 6.66. The quantitative estimate of drug-likeness (QED) is 0.866. The van der Waals surface area contributed by atoms with Crippen LogP contribution in [0.5, 0.6) is 0 Å². The van der Waals surface area contributed by atoms with E-state index in [4.69, 9.17) is 0 Å². The second kappa shape index (κ2) is 7.01. The Balaban J connectivity index is 1.60. The normalized spacial score (nSPS) is 15.1. The molecule has 1 saturated heterocycles. The van der Waals surface area contributed by atoms with Crippen LogP contribution in [0, 0.1) is 11.3 Å². The predicted octanol–water partition coefficient (Wildman–Crippen LogP) is 1.85. The molecule has 0 atom stereocenters. The Bertz CT molecular complexity index is 788. The first-order chi connectivity index (χ1) is 11.6. The highest BCUT2D eigenvalue weighted by atomic mass is 79.9. The average Bonchev–Trinajstić information content (AvgIpc) is 3.02. The molecule has 124 valence electrons. The van der Waals surface area contributed by atoms with Gasteiger partial charge in [-0.15, -0.1) is 0 Å². The highest BCUT2D eigenvalue weighted by molar-refractivity contribution is 9.10. The number of nitriles is 1. The number of aryl methyl sites for hydroxylation is 1. The number of rotatable bonds is 3. The number of amides is 1. The maximum atomic E-state index is 12.2. The van der Waals surface area contributed by atoms with E-state index in [9.17, 15) is 10.1 Å². The summed E-state index contributed by atoms with van der Waals surface area (Å²) in [4.78, 5) is 18.6. The van der Waals surface area contributed by atoms with E-state index in [2.05, 4.69) is 42.3 Å². The molecule has 0 aromatic carbocycles. The Kier molecular flexibility index (Phi) is 4.81. The van der Waals surface area contributed by atoms with Gasteiger partial charge in [0, 0.05) is 43.0 Å². The number of aromatic nitrogens is 3. The molecule has 0 aliphatic carbocycles. The third-order valence-corrected chi connectivity index (χ3v) is 4.46. The monoisotopic (exact) mass is 388 g/mol. The van der Waals surface area contributed by atoms with Gasteiger partial charge in [-0.1, -0.05) is 0 Å². The topological polar surface area (TPSA) is 86.8 Å². The van der Waals surface area contributed by atoms with E-state index < -0.39 is 0 Å². The van der Waals surface area contributed by atoms with Crippen LogP contribution in [0.2, 0.25) is 0 Å². The number of nitrogens with one attached hydrogen (secondary N) is 1. The molecule has 0 spiro atoms. The fraction of sp³-hybridized carbons (Fsp3) is 0.375. The highest BCUT2D eigenvalue weighted by Gasteiger charge is 2.24. The van der Waals surface area contributed by atoms with Gasteiger partial charge in [-0.2, -0.15) is 10.4 Å². The zero-order valence-electron chi connectivity index (χ0n) is 13.2. The van der Waals surface area contributed by atoms with Crippen LogP contribution in [-0.4, -0.2) is 39.8 Å². The van der Waals surface area contributed by atoms with E-state index in [0.717, 1.165) is 30.4 Å². The predicted molar refractivity (Wildman–Crippen MR) is 92.6 cm³/mol. The molecule has 1 aliphatic heterocycles. The second-order valence-electron chi connectivity index (χ2n) is 5.75. The van der Waals surface area contributed by atoms with Crippen LogP contribution in [0.15, 0.2) is 29.0 Å². The smallest absolute Gasteiger partial charge is 0.271 e. The number of piperidine rings is 1. The fourth-order valence-electron chi connectivity index (χ4n) is 2.80. The number of nitrogens with zero attached hydrogens (tertiary/aromatic N) is 5. The van der Waals surface area contributed by atoms with Crippen LogP contribution >= 0.6 is 15.9 Å². The van der Waals surface area contributed by atoms with Crippen LogP contribution in [0.25, 0.3) is 0 Å². The van der Waals surface area contributed by atoms with Crippen molar-refractivity contribution in [1.29, 1.82) is 5.26 Å². The minimum absolute atomic E-state index is 0.108. The Morgan fingerprint density at radius 3 is 2.83 bits per heavy atom. The molecule has 1 fully saturated rings. The van der Waals surface area contributed by atoms with E-state index in [0.29, 0.717) is 17.1 Å². The van der Waals surface area contributed by atoms with Crippen molar-refractivity contribution in [1.82, 2.24) is 20.1 Å². The largest absolute Gasteiger partial charge is 0.355 e. The van der Waals surface area contributed by atoms with E-state index in [1.165, 1.54) is 0 Å². The minimum Gasteiger partial charge on any atom is -0.355 e. The Morgan fingerprint density at radius 1 is 1.46 bits per heavy atom. The van der Waals surface area contributed by atoms with Gasteiger partial charge in [-0.3, -0.25) is 9.48 Å². The first kappa shape index (κ1) is 16.5. The molecule has 7 nitrogen and oxygen atoms in total. The molecule has 0 unspecified atom stereocenters. The fourth-order valence-corrected chi connectivity index (χ4v) is 3.13. The maximum absolute atomic E-state index is 12.2. The summed E-state index contributed by atoms with van der Waals surface area (Å²) in [6.07, 6.45) is 5.06. The summed E-state index contributed by atoms with van der Waals surface area (Å²) in [5.41, 5.74) is 0.988. The lowest BCUT2D eigenvalue weighted by molar-refractivity contribution is 0.0925. The number of carbonyl (C=O) groups excluding carboxylic acids is 1. The molecule has 1 amide bonds. The van der Waals surface area contributed by atoms with Gasteiger partial charge < -0.3 is 10.2 Å². The number of pyridine rings is 1. The molecule has 0 radical (unpaired) electrons. The molecule has 0 saturated carbocycles. The van der Waals surface area contributed by atoms with Crippen molar-refractivity contribution in [2.75, 3.05) is 18.0 Å². The maximum Gasteiger partial charge on any atom is 0.271 e. The van der Waals surface area contributed by atoms with Crippen LogP contribution in [0.1, 0.15) is 28.9 Å². The van der Waals surface area contributed by atoms with Crippen molar-refractivity contribution in [3.63, 3.8) is 0 Å². The standard InChI is InChI=1S/C16H17BrN6O/c1-22-5-4-14(21-22)16(24)20-13-2-6-23(7-3-13)15-11(9-18)8-12(17)10-19-15/h4-5,8,10,13H,2-3,6-7H2,1H3,(H,20,24). The number of halogens is 1. The summed E-state index contributed by atoms with van der Waals surface area (Å²) in [7, 11) is 1.78. The van der Waals surface area contributed by atoms with E-state index in [1.54, 1.807) is 36.3 Å². The average molecular weight is 389 g/mol. The first-order valence-corrected chi connectivity index (χ1v) is 8.47. The van der Waals surface area contributed by atoms with Gasteiger partial charge in [0.25, 0.3) is 5.91 Å². The molecular formula is C16H17BrN6O.